The number of allylic oxidation sites excluding steroid dienone is 1. The van der Waals surface area contributed by atoms with E-state index in [9.17, 15) is 13.2 Å². The van der Waals surface area contributed by atoms with Gasteiger partial charge in [0.15, 0.2) is 15.6 Å². The highest BCUT2D eigenvalue weighted by molar-refractivity contribution is 7.92. The fourth-order valence-electron chi connectivity index (χ4n) is 0.754. The maximum absolute atomic E-state index is 11.3. The molecular weight excluding hydrogens is 188 g/mol. The minimum absolute atomic E-state index is 0.171. The van der Waals surface area contributed by atoms with Crippen molar-refractivity contribution in [1.29, 1.82) is 0 Å². The maximum Gasteiger partial charge on any atom is 0.157 e. The van der Waals surface area contributed by atoms with Crippen molar-refractivity contribution >= 4 is 15.6 Å². The maximum atomic E-state index is 11.3. The van der Waals surface area contributed by atoms with E-state index in [0.717, 1.165) is 11.8 Å². The topological polar surface area (TPSA) is 51.2 Å². The van der Waals surface area contributed by atoms with Gasteiger partial charge in [0.2, 0.25) is 0 Å². The second-order valence-corrected chi connectivity index (χ2v) is 5.58. The number of carbonyl (C=O) groups is 1. The molecular formula is C9H16O3S. The SMILES string of the molecule is C=C(CC)CC(=O)C(C)S(C)(=O)=O. The zero-order valence-electron chi connectivity index (χ0n) is 8.33. The van der Waals surface area contributed by atoms with Crippen molar-refractivity contribution in [2.75, 3.05) is 6.26 Å². The molecule has 0 heterocycles. The van der Waals surface area contributed by atoms with E-state index in [1.165, 1.54) is 6.92 Å². The van der Waals surface area contributed by atoms with E-state index in [2.05, 4.69) is 6.58 Å². The molecule has 4 heteroatoms. The fraction of sp³-hybridized carbons (Fsp3) is 0.667. The molecule has 0 aliphatic heterocycles. The van der Waals surface area contributed by atoms with E-state index in [0.29, 0.717) is 6.42 Å². The van der Waals surface area contributed by atoms with Crippen LogP contribution in [0.15, 0.2) is 12.2 Å². The number of carbonyl (C=O) groups excluding carboxylic acids is 1. The Balaban J connectivity index is 4.38. The van der Waals surface area contributed by atoms with Crippen LogP contribution in [0.1, 0.15) is 26.7 Å². The summed E-state index contributed by atoms with van der Waals surface area (Å²) in [6.45, 7) is 6.97. The largest absolute Gasteiger partial charge is 0.298 e. The third kappa shape index (κ3) is 4.22. The molecule has 1 atom stereocenters. The summed E-state index contributed by atoms with van der Waals surface area (Å²) in [6.07, 6.45) is 1.96. The summed E-state index contributed by atoms with van der Waals surface area (Å²) in [5.74, 6) is -0.269. The van der Waals surface area contributed by atoms with E-state index < -0.39 is 15.1 Å². The van der Waals surface area contributed by atoms with Gasteiger partial charge in [0, 0.05) is 12.7 Å². The first-order valence-corrected chi connectivity index (χ1v) is 6.12. The first-order chi connectivity index (χ1) is 5.79. The smallest absolute Gasteiger partial charge is 0.157 e. The zero-order chi connectivity index (χ0) is 10.6. The third-order valence-electron chi connectivity index (χ3n) is 2.02. The van der Waals surface area contributed by atoms with Gasteiger partial charge in [-0.1, -0.05) is 19.1 Å². The Morgan fingerprint density at radius 3 is 2.23 bits per heavy atom. The quantitative estimate of drug-likeness (QED) is 0.635. The van der Waals surface area contributed by atoms with Gasteiger partial charge in [-0.15, -0.1) is 0 Å². The van der Waals surface area contributed by atoms with Crippen LogP contribution in [-0.2, 0) is 14.6 Å². The number of hydrogen-bond acceptors (Lipinski definition) is 3. The lowest BCUT2D eigenvalue weighted by Gasteiger charge is -2.08. The van der Waals surface area contributed by atoms with Crippen molar-refractivity contribution in [1.82, 2.24) is 0 Å². The minimum atomic E-state index is -3.25. The predicted molar refractivity (Wildman–Crippen MR) is 53.4 cm³/mol. The zero-order valence-corrected chi connectivity index (χ0v) is 9.15. The summed E-state index contributed by atoms with van der Waals surface area (Å²) < 4.78 is 22.0. The number of sulfone groups is 1. The van der Waals surface area contributed by atoms with Gasteiger partial charge < -0.3 is 0 Å². The molecule has 0 saturated carbocycles. The number of rotatable bonds is 5. The van der Waals surface area contributed by atoms with Crippen molar-refractivity contribution in [3.63, 3.8) is 0 Å². The lowest BCUT2D eigenvalue weighted by atomic mass is 10.1. The summed E-state index contributed by atoms with van der Waals surface area (Å²) in [5, 5.41) is -0.907. The summed E-state index contributed by atoms with van der Waals surface area (Å²) in [4.78, 5) is 11.3. The molecule has 1 unspecified atom stereocenters. The molecule has 13 heavy (non-hydrogen) atoms. The number of Topliss-reactive ketones (excluding diaryl/α,β-unsaturated/α-hetero) is 1. The predicted octanol–water partition coefficient (Wildman–Crippen LogP) is 1.34. The van der Waals surface area contributed by atoms with Crippen LogP contribution in [0.25, 0.3) is 0 Å². The van der Waals surface area contributed by atoms with Crippen molar-refractivity contribution in [3.05, 3.63) is 12.2 Å². The van der Waals surface area contributed by atoms with E-state index >= 15 is 0 Å². The van der Waals surface area contributed by atoms with E-state index in [-0.39, 0.29) is 12.2 Å². The van der Waals surface area contributed by atoms with Gasteiger partial charge in [-0.3, -0.25) is 4.79 Å². The van der Waals surface area contributed by atoms with Gasteiger partial charge in [0.05, 0.1) is 0 Å². The van der Waals surface area contributed by atoms with Gasteiger partial charge in [-0.05, 0) is 13.3 Å². The Bertz CT molecular complexity index is 301. The van der Waals surface area contributed by atoms with Gasteiger partial charge in [0.25, 0.3) is 0 Å². The number of ketones is 1. The van der Waals surface area contributed by atoms with Crippen molar-refractivity contribution in [3.8, 4) is 0 Å². The molecule has 0 amide bonds. The molecule has 0 rings (SSSR count). The van der Waals surface area contributed by atoms with Crippen LogP contribution in [0, 0.1) is 0 Å². The highest BCUT2D eigenvalue weighted by Crippen LogP contribution is 2.09. The Labute approximate surface area is 79.8 Å². The summed E-state index contributed by atoms with van der Waals surface area (Å²) in [6, 6.07) is 0. The van der Waals surface area contributed by atoms with Crippen LogP contribution in [0.5, 0.6) is 0 Å². The Hall–Kier alpha value is -0.640. The van der Waals surface area contributed by atoms with Crippen LogP contribution in [-0.4, -0.2) is 25.7 Å². The van der Waals surface area contributed by atoms with Gasteiger partial charge in [0.1, 0.15) is 5.25 Å². The molecule has 0 radical (unpaired) electrons. The summed E-state index contributed by atoms with van der Waals surface area (Å²) >= 11 is 0. The molecule has 0 fully saturated rings. The normalized spacial score (nSPS) is 13.8. The highest BCUT2D eigenvalue weighted by Gasteiger charge is 2.22. The van der Waals surface area contributed by atoms with Gasteiger partial charge in [-0.25, -0.2) is 8.42 Å². The standard InChI is InChI=1S/C9H16O3S/c1-5-7(2)6-9(10)8(3)13(4,11)12/h8H,2,5-6H2,1,3-4H3. The lowest BCUT2D eigenvalue weighted by Crippen LogP contribution is -2.26. The van der Waals surface area contributed by atoms with E-state index in [4.69, 9.17) is 0 Å². The Kier molecular flexibility index (Phi) is 4.33. The first kappa shape index (κ1) is 12.4. The van der Waals surface area contributed by atoms with E-state index in [1.54, 1.807) is 0 Å². The molecule has 0 saturated heterocycles. The molecule has 0 bridgehead atoms. The second kappa shape index (κ2) is 4.56. The van der Waals surface area contributed by atoms with E-state index in [1.807, 2.05) is 6.92 Å². The van der Waals surface area contributed by atoms with Gasteiger partial charge >= 0.3 is 0 Å². The average molecular weight is 204 g/mol. The van der Waals surface area contributed by atoms with Crippen LogP contribution in [0.3, 0.4) is 0 Å². The molecule has 0 aromatic carbocycles. The molecule has 0 N–H and O–H groups in total. The monoisotopic (exact) mass is 204 g/mol. The number of hydrogen-bond donors (Lipinski definition) is 0. The average Bonchev–Trinajstić information content (AvgIpc) is 2.01. The Morgan fingerprint density at radius 1 is 1.46 bits per heavy atom. The van der Waals surface area contributed by atoms with Crippen LogP contribution in [0.2, 0.25) is 0 Å². The molecule has 76 valence electrons. The molecule has 0 aliphatic carbocycles. The Morgan fingerprint density at radius 2 is 1.92 bits per heavy atom. The summed E-state index contributed by atoms with van der Waals surface area (Å²) in [5.41, 5.74) is 0.778. The van der Waals surface area contributed by atoms with Crippen molar-refractivity contribution < 1.29 is 13.2 Å². The third-order valence-corrected chi connectivity index (χ3v) is 3.57. The highest BCUT2D eigenvalue weighted by atomic mass is 32.2. The van der Waals surface area contributed by atoms with Crippen LogP contribution >= 0.6 is 0 Å². The molecule has 0 aromatic rings. The lowest BCUT2D eigenvalue weighted by molar-refractivity contribution is -0.117. The fourth-order valence-corrected chi connectivity index (χ4v) is 1.31. The molecule has 0 aromatic heterocycles. The van der Waals surface area contributed by atoms with Crippen LogP contribution < -0.4 is 0 Å². The molecule has 0 spiro atoms. The first-order valence-electron chi connectivity index (χ1n) is 4.17. The minimum Gasteiger partial charge on any atom is -0.298 e. The van der Waals surface area contributed by atoms with Gasteiger partial charge in [-0.2, -0.15) is 0 Å². The van der Waals surface area contributed by atoms with Crippen LogP contribution in [0.4, 0.5) is 0 Å². The molecule has 3 nitrogen and oxygen atoms in total. The summed E-state index contributed by atoms with van der Waals surface area (Å²) in [7, 11) is -3.25. The second-order valence-electron chi connectivity index (χ2n) is 3.22. The molecule has 0 aliphatic rings. The van der Waals surface area contributed by atoms with Crippen molar-refractivity contribution in [2.45, 2.75) is 31.9 Å². The van der Waals surface area contributed by atoms with Crippen molar-refractivity contribution in [2.24, 2.45) is 0 Å².